The van der Waals surface area contributed by atoms with E-state index in [1.807, 2.05) is 78.2 Å². The van der Waals surface area contributed by atoms with Crippen molar-refractivity contribution in [1.82, 2.24) is 14.8 Å². The van der Waals surface area contributed by atoms with Crippen LogP contribution in [-0.2, 0) is 17.8 Å². The zero-order valence-electron chi connectivity index (χ0n) is 18.7. The highest BCUT2D eigenvalue weighted by molar-refractivity contribution is 7.99. The maximum Gasteiger partial charge on any atom is 0.234 e. The summed E-state index contributed by atoms with van der Waals surface area (Å²) in [6, 6.07) is 25.9. The molecule has 4 rings (SSSR count). The second-order valence-electron chi connectivity index (χ2n) is 7.41. The van der Waals surface area contributed by atoms with Crippen LogP contribution in [0.5, 0.6) is 5.75 Å². The Labute approximate surface area is 198 Å². The minimum atomic E-state index is -0.0787. The lowest BCUT2D eigenvalue weighted by atomic mass is 10.0. The van der Waals surface area contributed by atoms with Crippen molar-refractivity contribution in [2.45, 2.75) is 25.0 Å². The first-order valence-electron chi connectivity index (χ1n) is 10.8. The Bertz CT molecular complexity index is 1220. The Morgan fingerprint density at radius 3 is 2.48 bits per heavy atom. The van der Waals surface area contributed by atoms with Gasteiger partial charge in [-0.25, -0.2) is 0 Å². The van der Waals surface area contributed by atoms with Crippen LogP contribution < -0.4 is 10.1 Å². The minimum Gasteiger partial charge on any atom is -0.496 e. The van der Waals surface area contributed by atoms with Gasteiger partial charge in [-0.2, -0.15) is 0 Å². The van der Waals surface area contributed by atoms with Crippen LogP contribution in [0.1, 0.15) is 18.1 Å². The molecular weight excluding hydrogens is 432 g/mol. The largest absolute Gasteiger partial charge is 0.496 e. The number of benzene rings is 3. The lowest BCUT2D eigenvalue weighted by molar-refractivity contribution is -0.113. The van der Waals surface area contributed by atoms with Crippen molar-refractivity contribution >= 4 is 23.4 Å². The molecule has 0 saturated carbocycles. The van der Waals surface area contributed by atoms with E-state index >= 15 is 0 Å². The number of hydrogen-bond acceptors (Lipinski definition) is 5. The summed E-state index contributed by atoms with van der Waals surface area (Å²) >= 11 is 1.37. The number of nitrogens with zero attached hydrogens (tertiary/aromatic N) is 3. The van der Waals surface area contributed by atoms with Crippen molar-refractivity contribution in [3.05, 3.63) is 90.0 Å². The molecule has 1 N–H and O–H groups in total. The van der Waals surface area contributed by atoms with Gasteiger partial charge in [-0.3, -0.25) is 4.79 Å². The highest BCUT2D eigenvalue weighted by Crippen LogP contribution is 2.31. The number of nitrogens with one attached hydrogen (secondary N) is 1. The molecular formula is C26H26N4O2S. The first kappa shape index (κ1) is 22.6. The third kappa shape index (κ3) is 5.43. The molecule has 7 heteroatoms. The normalized spacial score (nSPS) is 10.7. The van der Waals surface area contributed by atoms with Crippen LogP contribution in [0.25, 0.3) is 11.4 Å². The molecule has 4 aromatic rings. The molecule has 0 atom stereocenters. The van der Waals surface area contributed by atoms with Gasteiger partial charge in [-0.15, -0.1) is 10.2 Å². The average Bonchev–Trinajstić information content (AvgIpc) is 3.27. The number of hydrogen-bond donors (Lipinski definition) is 1. The van der Waals surface area contributed by atoms with Crippen LogP contribution in [0.4, 0.5) is 5.69 Å². The fraction of sp³-hybridized carbons (Fsp3) is 0.192. The fourth-order valence-corrected chi connectivity index (χ4v) is 4.44. The van der Waals surface area contributed by atoms with Crippen LogP contribution >= 0.6 is 11.8 Å². The molecule has 1 aromatic heterocycles. The Morgan fingerprint density at radius 2 is 1.70 bits per heavy atom. The van der Waals surface area contributed by atoms with Crippen LogP contribution in [0.15, 0.2) is 84.0 Å². The number of rotatable bonds is 9. The molecule has 1 heterocycles. The lowest BCUT2D eigenvalue weighted by Crippen LogP contribution is -2.16. The molecule has 168 valence electrons. The van der Waals surface area contributed by atoms with Crippen molar-refractivity contribution in [1.29, 1.82) is 0 Å². The number of aromatic nitrogens is 3. The van der Waals surface area contributed by atoms with Crippen molar-refractivity contribution in [3.8, 4) is 17.1 Å². The van der Waals surface area contributed by atoms with E-state index in [4.69, 9.17) is 4.74 Å². The van der Waals surface area contributed by atoms with E-state index in [-0.39, 0.29) is 11.7 Å². The van der Waals surface area contributed by atoms with Crippen molar-refractivity contribution in [2.24, 2.45) is 0 Å². The van der Waals surface area contributed by atoms with Crippen molar-refractivity contribution in [3.63, 3.8) is 0 Å². The van der Waals surface area contributed by atoms with Crippen LogP contribution in [0, 0.1) is 0 Å². The molecule has 1 amide bonds. The summed E-state index contributed by atoms with van der Waals surface area (Å²) in [5, 5.41) is 12.5. The third-order valence-electron chi connectivity index (χ3n) is 5.24. The molecule has 6 nitrogen and oxygen atoms in total. The summed E-state index contributed by atoms with van der Waals surface area (Å²) in [6.45, 7) is 2.72. The first-order valence-corrected chi connectivity index (χ1v) is 11.8. The van der Waals surface area contributed by atoms with Gasteiger partial charge in [0.05, 0.1) is 18.4 Å². The van der Waals surface area contributed by atoms with Gasteiger partial charge in [0, 0.05) is 12.2 Å². The van der Waals surface area contributed by atoms with E-state index in [0.29, 0.717) is 11.7 Å². The van der Waals surface area contributed by atoms with E-state index in [9.17, 15) is 4.79 Å². The van der Waals surface area contributed by atoms with Crippen molar-refractivity contribution in [2.75, 3.05) is 18.2 Å². The third-order valence-corrected chi connectivity index (χ3v) is 6.21. The Kier molecular flexibility index (Phi) is 7.42. The quantitative estimate of drug-likeness (QED) is 0.345. The molecule has 0 aliphatic heterocycles. The zero-order chi connectivity index (χ0) is 23.0. The monoisotopic (exact) mass is 458 g/mol. The van der Waals surface area contributed by atoms with Gasteiger partial charge < -0.3 is 14.6 Å². The number of anilines is 1. The van der Waals surface area contributed by atoms with E-state index in [0.717, 1.165) is 34.8 Å². The summed E-state index contributed by atoms with van der Waals surface area (Å²) in [5.41, 5.74) is 3.99. The van der Waals surface area contributed by atoms with E-state index in [1.54, 1.807) is 7.11 Å². The Balaban J connectivity index is 1.45. The maximum atomic E-state index is 12.8. The molecule has 0 unspecified atom stereocenters. The van der Waals surface area contributed by atoms with Gasteiger partial charge in [0.15, 0.2) is 11.0 Å². The summed E-state index contributed by atoms with van der Waals surface area (Å²) in [6.07, 6.45) is 0.761. The molecule has 0 fully saturated rings. The van der Waals surface area contributed by atoms with Crippen LogP contribution in [0.3, 0.4) is 0 Å². The number of ether oxygens (including phenoxy) is 1. The predicted octanol–water partition coefficient (Wildman–Crippen LogP) is 5.30. The van der Waals surface area contributed by atoms with Gasteiger partial charge in [0.1, 0.15) is 5.75 Å². The number of amides is 1. The Morgan fingerprint density at radius 1 is 0.970 bits per heavy atom. The Hall–Kier alpha value is -3.58. The summed E-state index contributed by atoms with van der Waals surface area (Å²) < 4.78 is 7.47. The molecule has 0 radical (unpaired) electrons. The number of carbonyl (C=O) groups excluding carboxylic acids is 1. The predicted molar refractivity (Wildman–Crippen MR) is 133 cm³/mol. The molecule has 3 aromatic carbocycles. The molecule has 0 aliphatic carbocycles. The molecule has 0 bridgehead atoms. The van der Waals surface area contributed by atoms with E-state index in [2.05, 4.69) is 27.6 Å². The molecule has 33 heavy (non-hydrogen) atoms. The minimum absolute atomic E-state index is 0.0787. The highest BCUT2D eigenvalue weighted by atomic mass is 32.2. The zero-order valence-corrected chi connectivity index (χ0v) is 19.5. The molecule has 0 aliphatic rings. The summed E-state index contributed by atoms with van der Waals surface area (Å²) in [7, 11) is 1.64. The van der Waals surface area contributed by atoms with Gasteiger partial charge in [0.25, 0.3) is 0 Å². The summed E-state index contributed by atoms with van der Waals surface area (Å²) in [4.78, 5) is 12.8. The van der Waals surface area contributed by atoms with Crippen molar-refractivity contribution < 1.29 is 9.53 Å². The lowest BCUT2D eigenvalue weighted by Gasteiger charge is -2.12. The maximum absolute atomic E-state index is 12.8. The number of thioether (sulfide) groups is 1. The number of carbonyl (C=O) groups is 1. The average molecular weight is 459 g/mol. The molecule has 0 saturated heterocycles. The fourth-order valence-electron chi connectivity index (χ4n) is 3.64. The van der Waals surface area contributed by atoms with E-state index < -0.39 is 0 Å². The van der Waals surface area contributed by atoms with Gasteiger partial charge in [-0.05, 0) is 42.7 Å². The van der Waals surface area contributed by atoms with Crippen LogP contribution in [0.2, 0.25) is 0 Å². The van der Waals surface area contributed by atoms with Crippen LogP contribution in [-0.4, -0.2) is 33.5 Å². The van der Waals surface area contributed by atoms with E-state index in [1.165, 1.54) is 17.3 Å². The van der Waals surface area contributed by atoms with Gasteiger partial charge in [0.2, 0.25) is 5.91 Å². The second kappa shape index (κ2) is 10.8. The standard InChI is InChI=1S/C26H26N4O2S/c1-3-30-25(21-14-8-10-16-23(21)32-2)28-29-26(30)33-18-24(31)27-22-15-9-7-13-20(22)17-19-11-5-4-6-12-19/h4-16H,3,17-18H2,1-2H3,(H,27,31). The van der Waals surface area contributed by atoms with Gasteiger partial charge >= 0.3 is 0 Å². The topological polar surface area (TPSA) is 69.0 Å². The second-order valence-corrected chi connectivity index (χ2v) is 8.35. The molecule has 0 spiro atoms. The first-order chi connectivity index (χ1) is 16.2. The number of methoxy groups -OCH3 is 1. The van der Waals surface area contributed by atoms with Gasteiger partial charge in [-0.1, -0.05) is 72.4 Å². The number of para-hydroxylation sites is 2. The highest BCUT2D eigenvalue weighted by Gasteiger charge is 2.17. The summed E-state index contributed by atoms with van der Waals surface area (Å²) in [5.74, 6) is 1.63. The smallest absolute Gasteiger partial charge is 0.234 e. The SMILES string of the molecule is CCn1c(SCC(=O)Nc2ccccc2Cc2ccccc2)nnc1-c1ccccc1OC.